The molecule has 1 aromatic heterocycles. The number of amides is 1. The van der Waals surface area contributed by atoms with Crippen LogP contribution in [0.25, 0.3) is 11.3 Å². The Bertz CT molecular complexity index is 1030. The summed E-state index contributed by atoms with van der Waals surface area (Å²) in [6.45, 7) is 3.37. The fourth-order valence-corrected chi connectivity index (χ4v) is 4.23. The molecule has 1 amide bonds. The number of hydrogen-bond donors (Lipinski definition) is 2. The van der Waals surface area contributed by atoms with Gasteiger partial charge in [0, 0.05) is 35.7 Å². The number of aromatic nitrogens is 2. The van der Waals surface area contributed by atoms with Gasteiger partial charge in [-0.2, -0.15) is 5.10 Å². The van der Waals surface area contributed by atoms with Crippen molar-refractivity contribution in [3.05, 3.63) is 66.1 Å². The highest BCUT2D eigenvalue weighted by Gasteiger charge is 2.12. The largest absolute Gasteiger partial charge is 0.372 e. The Hall–Kier alpha value is -3.19. The van der Waals surface area contributed by atoms with E-state index in [4.69, 9.17) is 0 Å². The number of carbonyl (C=O) groups excluding carboxylic acids is 1. The molecule has 0 spiro atoms. The maximum Gasteiger partial charge on any atom is 0.238 e. The Morgan fingerprint density at radius 2 is 1.82 bits per heavy atom. The summed E-state index contributed by atoms with van der Waals surface area (Å²) in [5.74, 6) is -0.264. The minimum Gasteiger partial charge on any atom is -0.372 e. The molecule has 0 aliphatic carbocycles. The third kappa shape index (κ3) is 6.65. The summed E-state index contributed by atoms with van der Waals surface area (Å²) >= 11 is 0. The zero-order valence-electron chi connectivity index (χ0n) is 19.2. The third-order valence-electron chi connectivity index (χ3n) is 6.04. The quantitative estimate of drug-likeness (QED) is 0.497. The molecule has 0 radical (unpaired) electrons. The van der Waals surface area contributed by atoms with E-state index in [9.17, 15) is 9.18 Å². The molecular formula is C26H32FN5O. The van der Waals surface area contributed by atoms with Crippen molar-refractivity contribution in [2.24, 2.45) is 0 Å². The van der Waals surface area contributed by atoms with E-state index in [0.717, 1.165) is 55.1 Å². The molecule has 0 saturated carbocycles. The summed E-state index contributed by atoms with van der Waals surface area (Å²) in [4.78, 5) is 16.9. The summed E-state index contributed by atoms with van der Waals surface area (Å²) < 4.78 is 13.1. The van der Waals surface area contributed by atoms with Gasteiger partial charge in [0.1, 0.15) is 5.82 Å². The fraction of sp³-hybridized carbons (Fsp3) is 0.385. The lowest BCUT2D eigenvalue weighted by Crippen LogP contribution is -2.31. The minimum atomic E-state index is -0.254. The van der Waals surface area contributed by atoms with Gasteiger partial charge in [0.25, 0.3) is 0 Å². The topological polar surface area (TPSA) is 64.3 Å². The van der Waals surface area contributed by atoms with Gasteiger partial charge in [-0.15, -0.1) is 0 Å². The molecule has 6 nitrogen and oxygen atoms in total. The highest BCUT2D eigenvalue weighted by molar-refractivity contribution is 5.92. The third-order valence-corrected chi connectivity index (χ3v) is 6.04. The Morgan fingerprint density at radius 3 is 2.55 bits per heavy atom. The van der Waals surface area contributed by atoms with Crippen LogP contribution in [0.5, 0.6) is 0 Å². The van der Waals surface area contributed by atoms with Gasteiger partial charge < -0.3 is 10.2 Å². The molecule has 1 saturated heterocycles. The molecule has 1 aliphatic heterocycles. The van der Waals surface area contributed by atoms with Gasteiger partial charge in [-0.1, -0.05) is 0 Å². The highest BCUT2D eigenvalue weighted by Crippen LogP contribution is 2.22. The molecule has 7 heteroatoms. The van der Waals surface area contributed by atoms with Crippen LogP contribution in [-0.4, -0.2) is 54.2 Å². The number of nitrogens with zero attached hydrogens (tertiary/aromatic N) is 3. The molecule has 0 bridgehead atoms. The predicted octanol–water partition coefficient (Wildman–Crippen LogP) is 4.71. The van der Waals surface area contributed by atoms with Crippen molar-refractivity contribution in [2.75, 3.05) is 43.4 Å². The van der Waals surface area contributed by atoms with Crippen LogP contribution in [0, 0.1) is 5.82 Å². The molecule has 4 rings (SSSR count). The molecule has 1 fully saturated rings. The Morgan fingerprint density at radius 1 is 1.09 bits per heavy atom. The standard InChI is InChI=1S/C26H32FN5O/c1-31(15-5-6-23-18-25(30-29-23)20-7-9-21(27)10-8-20)19-26(33)28-22-11-13-24(14-12-22)32-16-3-2-4-17-32/h7-14,18H,2-6,15-17,19H2,1H3,(H,28,33)(H,29,30). The minimum absolute atomic E-state index is 0.0108. The van der Waals surface area contributed by atoms with Crippen LogP contribution in [0.2, 0.25) is 0 Å². The zero-order chi connectivity index (χ0) is 23.0. The van der Waals surface area contributed by atoms with E-state index >= 15 is 0 Å². The maximum atomic E-state index is 13.1. The first kappa shape index (κ1) is 23.0. The predicted molar refractivity (Wildman–Crippen MR) is 131 cm³/mol. The molecule has 1 aliphatic rings. The van der Waals surface area contributed by atoms with Crippen LogP contribution in [-0.2, 0) is 11.2 Å². The number of benzene rings is 2. The number of anilines is 2. The number of aromatic amines is 1. The van der Waals surface area contributed by atoms with Crippen molar-refractivity contribution in [1.29, 1.82) is 0 Å². The van der Waals surface area contributed by atoms with Crippen LogP contribution in [0.3, 0.4) is 0 Å². The van der Waals surface area contributed by atoms with Crippen LogP contribution in [0.4, 0.5) is 15.8 Å². The number of likely N-dealkylation sites (N-methyl/N-ethyl adjacent to an activating group) is 1. The monoisotopic (exact) mass is 449 g/mol. The van der Waals surface area contributed by atoms with Crippen LogP contribution in [0.1, 0.15) is 31.4 Å². The highest BCUT2D eigenvalue weighted by atomic mass is 19.1. The number of carbonyl (C=O) groups is 1. The first-order valence-electron chi connectivity index (χ1n) is 11.7. The van der Waals surface area contributed by atoms with E-state index in [2.05, 4.69) is 32.5 Å². The van der Waals surface area contributed by atoms with Crippen molar-refractivity contribution in [1.82, 2.24) is 15.1 Å². The molecule has 0 atom stereocenters. The molecule has 0 unspecified atom stereocenters. The summed E-state index contributed by atoms with van der Waals surface area (Å²) in [5.41, 5.74) is 4.79. The second-order valence-corrected chi connectivity index (χ2v) is 8.77. The Labute approximate surface area is 194 Å². The van der Waals surface area contributed by atoms with Gasteiger partial charge in [0.05, 0.1) is 12.2 Å². The fourth-order valence-electron chi connectivity index (χ4n) is 4.23. The SMILES string of the molecule is CN(CCCc1cc(-c2ccc(F)cc2)n[nH]1)CC(=O)Nc1ccc(N2CCCCC2)cc1. The van der Waals surface area contributed by atoms with Crippen molar-refractivity contribution in [2.45, 2.75) is 32.1 Å². The van der Waals surface area contributed by atoms with Gasteiger partial charge in [-0.3, -0.25) is 14.8 Å². The van der Waals surface area contributed by atoms with Gasteiger partial charge in [-0.25, -0.2) is 4.39 Å². The van der Waals surface area contributed by atoms with Crippen molar-refractivity contribution < 1.29 is 9.18 Å². The van der Waals surface area contributed by atoms with Gasteiger partial charge in [0.15, 0.2) is 0 Å². The first-order chi connectivity index (χ1) is 16.1. The van der Waals surface area contributed by atoms with Crippen LogP contribution >= 0.6 is 0 Å². The molecule has 33 heavy (non-hydrogen) atoms. The summed E-state index contributed by atoms with van der Waals surface area (Å²) in [5, 5.41) is 10.4. The molecule has 3 aromatic rings. The molecule has 2 heterocycles. The van der Waals surface area contributed by atoms with Crippen molar-refractivity contribution in [3.63, 3.8) is 0 Å². The lowest BCUT2D eigenvalue weighted by molar-refractivity contribution is -0.117. The number of rotatable bonds is 9. The van der Waals surface area contributed by atoms with Gasteiger partial charge >= 0.3 is 0 Å². The molecular weight excluding hydrogens is 417 g/mol. The van der Waals surface area contributed by atoms with E-state index in [1.807, 2.05) is 30.1 Å². The zero-order valence-corrected chi connectivity index (χ0v) is 19.2. The maximum absolute atomic E-state index is 13.1. The van der Waals surface area contributed by atoms with Crippen molar-refractivity contribution >= 4 is 17.3 Å². The van der Waals surface area contributed by atoms with E-state index in [0.29, 0.717) is 6.54 Å². The number of nitrogens with one attached hydrogen (secondary N) is 2. The summed E-state index contributed by atoms with van der Waals surface area (Å²) in [6, 6.07) is 16.5. The van der Waals surface area contributed by atoms with Crippen LogP contribution in [0.15, 0.2) is 54.6 Å². The normalized spacial score (nSPS) is 14.0. The number of hydrogen-bond acceptors (Lipinski definition) is 4. The second kappa shape index (κ2) is 11.1. The average Bonchev–Trinajstić information content (AvgIpc) is 3.29. The lowest BCUT2D eigenvalue weighted by Gasteiger charge is -2.28. The van der Waals surface area contributed by atoms with Gasteiger partial charge in [0.2, 0.25) is 5.91 Å². The Kier molecular flexibility index (Phi) is 7.73. The number of piperidine rings is 1. The van der Waals surface area contributed by atoms with E-state index in [1.54, 1.807) is 12.1 Å². The first-order valence-corrected chi connectivity index (χ1v) is 11.7. The number of H-pyrrole nitrogens is 1. The molecule has 2 N–H and O–H groups in total. The smallest absolute Gasteiger partial charge is 0.238 e. The van der Waals surface area contributed by atoms with E-state index < -0.39 is 0 Å². The Balaban J connectivity index is 1.18. The van der Waals surface area contributed by atoms with E-state index in [1.165, 1.54) is 37.1 Å². The average molecular weight is 450 g/mol. The van der Waals surface area contributed by atoms with Crippen LogP contribution < -0.4 is 10.2 Å². The number of halogens is 1. The second-order valence-electron chi connectivity index (χ2n) is 8.77. The van der Waals surface area contributed by atoms with Crippen molar-refractivity contribution in [3.8, 4) is 11.3 Å². The summed E-state index contributed by atoms with van der Waals surface area (Å²) in [7, 11) is 1.95. The van der Waals surface area contributed by atoms with Gasteiger partial charge in [-0.05, 0) is 100 Å². The lowest BCUT2D eigenvalue weighted by atomic mass is 10.1. The molecule has 174 valence electrons. The number of aryl methyl sites for hydroxylation is 1. The summed E-state index contributed by atoms with van der Waals surface area (Å²) in [6.07, 6.45) is 5.55. The van der Waals surface area contributed by atoms with E-state index in [-0.39, 0.29) is 11.7 Å². The molecule has 2 aromatic carbocycles.